The van der Waals surface area contributed by atoms with E-state index < -0.39 is 0 Å². The van der Waals surface area contributed by atoms with E-state index in [1.54, 1.807) is 34.8 Å². The quantitative estimate of drug-likeness (QED) is 0.743. The Morgan fingerprint density at radius 2 is 1.90 bits per heavy atom. The van der Waals surface area contributed by atoms with Crippen molar-refractivity contribution in [3.05, 3.63) is 63.0 Å². The van der Waals surface area contributed by atoms with Crippen molar-refractivity contribution >= 4 is 22.7 Å². The van der Waals surface area contributed by atoms with Gasteiger partial charge in [0.25, 0.3) is 0 Å². The summed E-state index contributed by atoms with van der Waals surface area (Å²) in [5.74, 6) is -0.219. The summed E-state index contributed by atoms with van der Waals surface area (Å²) in [4.78, 5) is 5.95. The minimum Gasteiger partial charge on any atom is -0.306 e. The van der Waals surface area contributed by atoms with E-state index in [0.29, 0.717) is 0 Å². The number of thiazole rings is 1. The molecule has 5 heteroatoms. The molecule has 2 nitrogen and oxygen atoms in total. The number of halogens is 1. The van der Waals surface area contributed by atoms with Crippen LogP contribution >= 0.6 is 22.7 Å². The molecular weight excluding hydrogens is 303 g/mol. The Hall–Kier alpha value is -1.56. The number of aromatic nitrogens is 1. The Kier molecular flexibility index (Phi) is 4.43. The number of nitrogens with one attached hydrogen (secondary N) is 1. The van der Waals surface area contributed by atoms with Crippen molar-refractivity contribution in [2.75, 3.05) is 0 Å². The third-order valence-corrected chi connectivity index (χ3v) is 5.17. The summed E-state index contributed by atoms with van der Waals surface area (Å²) < 4.78 is 12.9. The van der Waals surface area contributed by atoms with Crippen molar-refractivity contribution in [1.82, 2.24) is 10.3 Å². The van der Waals surface area contributed by atoms with Gasteiger partial charge in [0.15, 0.2) is 0 Å². The fraction of sp³-hybridized carbons (Fsp3) is 0.188. The highest BCUT2D eigenvalue weighted by Crippen LogP contribution is 2.24. The molecule has 0 spiro atoms. The van der Waals surface area contributed by atoms with Gasteiger partial charge in [0.2, 0.25) is 0 Å². The summed E-state index contributed by atoms with van der Waals surface area (Å²) in [6.45, 7) is 3.74. The average Bonchev–Trinajstić information content (AvgIpc) is 3.10. The van der Waals surface area contributed by atoms with Crippen LogP contribution in [0, 0.1) is 12.7 Å². The summed E-state index contributed by atoms with van der Waals surface area (Å²) in [6.07, 6.45) is 0. The molecule has 0 aliphatic rings. The molecule has 0 fully saturated rings. The van der Waals surface area contributed by atoms with Crippen LogP contribution in [-0.4, -0.2) is 4.98 Å². The maximum absolute atomic E-state index is 12.9. The Labute approximate surface area is 131 Å². The van der Waals surface area contributed by atoms with Gasteiger partial charge in [-0.1, -0.05) is 0 Å². The van der Waals surface area contributed by atoms with Crippen LogP contribution in [0.1, 0.15) is 16.1 Å². The molecule has 0 saturated carbocycles. The minimum atomic E-state index is -0.219. The first-order chi connectivity index (χ1) is 10.2. The smallest absolute Gasteiger partial charge is 0.123 e. The highest BCUT2D eigenvalue weighted by molar-refractivity contribution is 7.13. The number of nitrogens with zero attached hydrogens (tertiary/aromatic N) is 1. The lowest BCUT2D eigenvalue weighted by Crippen LogP contribution is -2.12. The third kappa shape index (κ3) is 3.56. The van der Waals surface area contributed by atoms with Gasteiger partial charge in [-0.25, -0.2) is 9.37 Å². The first kappa shape index (κ1) is 14.4. The predicted octanol–water partition coefficient (Wildman–Crippen LogP) is 4.61. The fourth-order valence-corrected chi connectivity index (χ4v) is 3.70. The van der Waals surface area contributed by atoms with Gasteiger partial charge in [0.1, 0.15) is 10.8 Å². The highest BCUT2D eigenvalue weighted by atomic mass is 32.1. The van der Waals surface area contributed by atoms with Gasteiger partial charge >= 0.3 is 0 Å². The van der Waals surface area contributed by atoms with Crippen molar-refractivity contribution in [2.24, 2.45) is 0 Å². The van der Waals surface area contributed by atoms with Crippen LogP contribution in [0.3, 0.4) is 0 Å². The topological polar surface area (TPSA) is 24.9 Å². The Morgan fingerprint density at radius 1 is 1.10 bits per heavy atom. The molecular formula is C16H15FN2S2. The molecule has 0 amide bonds. The summed E-state index contributed by atoms with van der Waals surface area (Å²) in [5, 5.41) is 8.50. The van der Waals surface area contributed by atoms with Crippen molar-refractivity contribution in [2.45, 2.75) is 20.0 Å². The zero-order valence-electron chi connectivity index (χ0n) is 11.6. The number of rotatable bonds is 5. The number of hydrogen-bond acceptors (Lipinski definition) is 4. The second-order valence-corrected chi connectivity index (χ2v) is 6.64. The maximum atomic E-state index is 12.9. The SMILES string of the molecule is Cc1ccsc1CNCc1csc(-c2ccc(F)cc2)n1. The lowest BCUT2D eigenvalue weighted by Gasteiger charge is -2.01. The van der Waals surface area contributed by atoms with Crippen molar-refractivity contribution < 1.29 is 4.39 Å². The first-order valence-electron chi connectivity index (χ1n) is 6.66. The molecule has 0 bridgehead atoms. The average molecular weight is 318 g/mol. The van der Waals surface area contributed by atoms with Crippen LogP contribution in [-0.2, 0) is 13.1 Å². The number of thiophene rings is 1. The van der Waals surface area contributed by atoms with Crippen molar-refractivity contribution in [1.29, 1.82) is 0 Å². The monoisotopic (exact) mass is 318 g/mol. The van der Waals surface area contributed by atoms with Gasteiger partial charge in [-0.3, -0.25) is 0 Å². The van der Waals surface area contributed by atoms with E-state index in [9.17, 15) is 4.39 Å². The molecule has 1 N–H and O–H groups in total. The molecule has 0 atom stereocenters. The Balaban J connectivity index is 1.60. The molecule has 2 aromatic heterocycles. The van der Waals surface area contributed by atoms with E-state index in [1.807, 2.05) is 5.38 Å². The number of benzene rings is 1. The summed E-state index contributed by atoms with van der Waals surface area (Å²) in [7, 11) is 0. The maximum Gasteiger partial charge on any atom is 0.123 e. The van der Waals surface area contributed by atoms with Crippen LogP contribution in [0.15, 0.2) is 41.1 Å². The van der Waals surface area contributed by atoms with Crippen LogP contribution in [0.25, 0.3) is 10.6 Å². The molecule has 2 heterocycles. The normalized spacial score (nSPS) is 11.0. The summed E-state index contributed by atoms with van der Waals surface area (Å²) >= 11 is 3.36. The van der Waals surface area contributed by atoms with Gasteiger partial charge in [-0.15, -0.1) is 22.7 Å². The summed E-state index contributed by atoms with van der Waals surface area (Å²) in [5.41, 5.74) is 3.31. The lowest BCUT2D eigenvalue weighted by atomic mass is 10.2. The predicted molar refractivity (Wildman–Crippen MR) is 87.1 cm³/mol. The van der Waals surface area contributed by atoms with Crippen LogP contribution in [0.4, 0.5) is 4.39 Å². The Morgan fingerprint density at radius 3 is 2.62 bits per heavy atom. The largest absolute Gasteiger partial charge is 0.306 e. The van der Waals surface area contributed by atoms with Crippen LogP contribution in [0.5, 0.6) is 0 Å². The Bertz CT molecular complexity index is 716. The minimum absolute atomic E-state index is 0.219. The molecule has 1 aromatic carbocycles. The van der Waals surface area contributed by atoms with Gasteiger partial charge in [-0.05, 0) is 48.2 Å². The van der Waals surface area contributed by atoms with Crippen molar-refractivity contribution in [3.63, 3.8) is 0 Å². The van der Waals surface area contributed by atoms with E-state index in [-0.39, 0.29) is 5.82 Å². The molecule has 0 aliphatic heterocycles. The van der Waals surface area contributed by atoms with Crippen LogP contribution < -0.4 is 5.32 Å². The van der Waals surface area contributed by atoms with Gasteiger partial charge in [0.05, 0.1) is 5.69 Å². The first-order valence-corrected chi connectivity index (χ1v) is 8.42. The van der Waals surface area contributed by atoms with Gasteiger partial charge in [0, 0.05) is 28.9 Å². The van der Waals surface area contributed by atoms with E-state index in [0.717, 1.165) is 29.4 Å². The number of aryl methyl sites for hydroxylation is 1. The van der Waals surface area contributed by atoms with Gasteiger partial charge < -0.3 is 5.32 Å². The second kappa shape index (κ2) is 6.47. The summed E-state index contributed by atoms with van der Waals surface area (Å²) in [6, 6.07) is 8.60. The fourth-order valence-electron chi connectivity index (χ4n) is 2.00. The lowest BCUT2D eigenvalue weighted by molar-refractivity contribution is 0.628. The van der Waals surface area contributed by atoms with E-state index >= 15 is 0 Å². The molecule has 3 rings (SSSR count). The molecule has 108 valence electrons. The molecule has 0 saturated heterocycles. The standard InChI is InChI=1S/C16H15FN2S2/c1-11-6-7-20-15(11)9-18-8-14-10-21-16(19-14)12-2-4-13(17)5-3-12/h2-7,10,18H,8-9H2,1H3. The second-order valence-electron chi connectivity index (χ2n) is 4.78. The zero-order valence-corrected chi connectivity index (χ0v) is 13.2. The molecule has 0 radical (unpaired) electrons. The molecule has 21 heavy (non-hydrogen) atoms. The molecule has 0 aliphatic carbocycles. The van der Waals surface area contributed by atoms with Gasteiger partial charge in [-0.2, -0.15) is 0 Å². The van der Waals surface area contributed by atoms with Crippen LogP contribution in [0.2, 0.25) is 0 Å². The van der Waals surface area contributed by atoms with E-state index in [1.165, 1.54) is 22.6 Å². The highest BCUT2D eigenvalue weighted by Gasteiger charge is 2.05. The zero-order chi connectivity index (χ0) is 14.7. The molecule has 3 aromatic rings. The van der Waals surface area contributed by atoms with E-state index in [4.69, 9.17) is 0 Å². The van der Waals surface area contributed by atoms with Crippen molar-refractivity contribution in [3.8, 4) is 10.6 Å². The number of hydrogen-bond donors (Lipinski definition) is 1. The molecule has 0 unspecified atom stereocenters. The van der Waals surface area contributed by atoms with E-state index in [2.05, 4.69) is 28.7 Å². The third-order valence-electron chi connectivity index (χ3n) is 3.20.